The van der Waals surface area contributed by atoms with E-state index in [4.69, 9.17) is 11.6 Å². The lowest BCUT2D eigenvalue weighted by Gasteiger charge is -2.19. The second-order valence-corrected chi connectivity index (χ2v) is 7.90. The molecule has 8 heteroatoms. The molecule has 0 spiro atoms. The van der Waals surface area contributed by atoms with Crippen molar-refractivity contribution in [1.82, 2.24) is 4.31 Å². The summed E-state index contributed by atoms with van der Waals surface area (Å²) in [6.07, 6.45) is 1.55. The Kier molecular flexibility index (Phi) is 6.52. The van der Waals surface area contributed by atoms with Crippen molar-refractivity contribution in [2.24, 2.45) is 0 Å². The van der Waals surface area contributed by atoms with Gasteiger partial charge in [0.1, 0.15) is 5.82 Å². The first-order valence-electron chi connectivity index (χ1n) is 7.49. The number of hydrogen-bond donors (Lipinski definition) is 1. The lowest BCUT2D eigenvalue weighted by molar-refractivity contribution is -0.116. The second-order valence-electron chi connectivity index (χ2n) is 5.51. The van der Waals surface area contributed by atoms with Crippen LogP contribution in [0.15, 0.2) is 48.5 Å². The average Bonchev–Trinajstić information content (AvgIpc) is 2.55. The number of sulfonamides is 1. The van der Waals surface area contributed by atoms with Crippen molar-refractivity contribution in [3.63, 3.8) is 0 Å². The van der Waals surface area contributed by atoms with E-state index in [-0.39, 0.29) is 18.1 Å². The van der Waals surface area contributed by atoms with Gasteiger partial charge in [0.25, 0.3) is 0 Å². The standard InChI is InChI=1S/C17H18ClFN2O3S/c1-25(23,24)21(10-9-13-5-3-2-4-6-13)12-17(22)20-14-7-8-16(19)15(18)11-14/h2-8,11H,9-10,12H2,1H3,(H,20,22). The third-order valence-corrected chi connectivity index (χ3v) is 5.02. The smallest absolute Gasteiger partial charge is 0.239 e. The van der Waals surface area contributed by atoms with Gasteiger partial charge in [-0.05, 0) is 30.2 Å². The average molecular weight is 385 g/mol. The molecule has 0 atom stereocenters. The SMILES string of the molecule is CS(=O)(=O)N(CCc1ccccc1)CC(=O)Nc1ccc(F)c(Cl)c1. The zero-order valence-electron chi connectivity index (χ0n) is 13.6. The summed E-state index contributed by atoms with van der Waals surface area (Å²) in [7, 11) is -3.55. The van der Waals surface area contributed by atoms with E-state index in [0.29, 0.717) is 12.1 Å². The van der Waals surface area contributed by atoms with Gasteiger partial charge >= 0.3 is 0 Å². The number of hydrogen-bond acceptors (Lipinski definition) is 3. The van der Waals surface area contributed by atoms with Crippen LogP contribution in [-0.4, -0.2) is 38.0 Å². The van der Waals surface area contributed by atoms with E-state index in [2.05, 4.69) is 5.32 Å². The molecule has 25 heavy (non-hydrogen) atoms. The molecular weight excluding hydrogens is 367 g/mol. The Morgan fingerprint density at radius 1 is 1.20 bits per heavy atom. The highest BCUT2D eigenvalue weighted by Gasteiger charge is 2.20. The third kappa shape index (κ3) is 6.12. The van der Waals surface area contributed by atoms with Crippen molar-refractivity contribution in [2.75, 3.05) is 24.7 Å². The number of carbonyl (C=O) groups is 1. The minimum absolute atomic E-state index is 0.123. The molecule has 0 aliphatic carbocycles. The van der Waals surface area contributed by atoms with Gasteiger partial charge in [0.05, 0.1) is 17.8 Å². The van der Waals surface area contributed by atoms with Crippen LogP contribution in [-0.2, 0) is 21.2 Å². The highest BCUT2D eigenvalue weighted by atomic mass is 35.5. The zero-order chi connectivity index (χ0) is 18.4. The van der Waals surface area contributed by atoms with Gasteiger partial charge in [0.15, 0.2) is 0 Å². The molecule has 2 aromatic carbocycles. The fraction of sp³-hybridized carbons (Fsp3) is 0.235. The number of rotatable bonds is 7. The van der Waals surface area contributed by atoms with E-state index >= 15 is 0 Å². The summed E-state index contributed by atoms with van der Waals surface area (Å²) in [6.45, 7) is -0.152. The molecule has 0 saturated carbocycles. The Bertz CT molecular complexity index is 844. The number of nitrogens with zero attached hydrogens (tertiary/aromatic N) is 1. The molecular formula is C17H18ClFN2O3S. The first-order chi connectivity index (χ1) is 11.8. The van der Waals surface area contributed by atoms with Gasteiger partial charge in [-0.1, -0.05) is 41.9 Å². The fourth-order valence-electron chi connectivity index (χ4n) is 2.20. The summed E-state index contributed by atoms with van der Waals surface area (Å²) >= 11 is 5.66. The highest BCUT2D eigenvalue weighted by Crippen LogP contribution is 2.19. The predicted molar refractivity (Wildman–Crippen MR) is 96.6 cm³/mol. The number of anilines is 1. The summed E-state index contributed by atoms with van der Waals surface area (Å²) in [5.74, 6) is -1.12. The first-order valence-corrected chi connectivity index (χ1v) is 9.72. The molecule has 0 radical (unpaired) electrons. The van der Waals surface area contributed by atoms with Crippen molar-refractivity contribution < 1.29 is 17.6 Å². The Morgan fingerprint density at radius 3 is 2.48 bits per heavy atom. The molecule has 0 aliphatic rings. The van der Waals surface area contributed by atoms with E-state index in [1.54, 1.807) is 0 Å². The van der Waals surface area contributed by atoms with E-state index in [0.717, 1.165) is 22.2 Å². The molecule has 1 amide bonds. The summed E-state index contributed by atoms with van der Waals surface area (Å²) < 4.78 is 38.1. The quantitative estimate of drug-likeness (QED) is 0.798. The summed E-state index contributed by atoms with van der Waals surface area (Å²) in [4.78, 5) is 12.1. The van der Waals surface area contributed by atoms with Gasteiger partial charge in [-0.3, -0.25) is 4.79 Å². The maximum atomic E-state index is 13.1. The molecule has 2 aromatic rings. The van der Waals surface area contributed by atoms with E-state index in [9.17, 15) is 17.6 Å². The van der Waals surface area contributed by atoms with Crippen LogP contribution in [0.3, 0.4) is 0 Å². The van der Waals surface area contributed by atoms with Crippen LogP contribution < -0.4 is 5.32 Å². The maximum absolute atomic E-state index is 13.1. The predicted octanol–water partition coefficient (Wildman–Crippen LogP) is 2.92. The van der Waals surface area contributed by atoms with Crippen molar-refractivity contribution in [1.29, 1.82) is 0 Å². The van der Waals surface area contributed by atoms with Crippen molar-refractivity contribution in [3.05, 3.63) is 64.9 Å². The molecule has 2 rings (SSSR count). The molecule has 134 valence electrons. The topological polar surface area (TPSA) is 66.5 Å². The number of amides is 1. The highest BCUT2D eigenvalue weighted by molar-refractivity contribution is 7.88. The van der Waals surface area contributed by atoms with Crippen LogP contribution in [0.1, 0.15) is 5.56 Å². The van der Waals surface area contributed by atoms with Crippen LogP contribution in [0.5, 0.6) is 0 Å². The van der Waals surface area contributed by atoms with Crippen LogP contribution in [0.25, 0.3) is 0 Å². The van der Waals surface area contributed by atoms with Crippen molar-refractivity contribution in [2.45, 2.75) is 6.42 Å². The number of nitrogens with one attached hydrogen (secondary N) is 1. The van der Waals surface area contributed by atoms with E-state index < -0.39 is 21.7 Å². The zero-order valence-corrected chi connectivity index (χ0v) is 15.1. The molecule has 0 bridgehead atoms. The Balaban J connectivity index is 2.01. The van der Waals surface area contributed by atoms with Crippen LogP contribution in [0.2, 0.25) is 5.02 Å². The van der Waals surface area contributed by atoms with Gasteiger partial charge in [0.2, 0.25) is 15.9 Å². The first kappa shape index (κ1) is 19.4. The Labute approximate surface area is 151 Å². The normalized spacial score (nSPS) is 11.5. The minimum Gasteiger partial charge on any atom is -0.325 e. The monoisotopic (exact) mass is 384 g/mol. The molecule has 0 unspecified atom stereocenters. The summed E-state index contributed by atoms with van der Waals surface area (Å²) in [6, 6.07) is 13.1. The lowest BCUT2D eigenvalue weighted by Crippen LogP contribution is -2.38. The molecule has 0 fully saturated rings. The molecule has 0 saturated heterocycles. The minimum atomic E-state index is -3.55. The van der Waals surface area contributed by atoms with Crippen LogP contribution >= 0.6 is 11.6 Å². The molecule has 0 heterocycles. The van der Waals surface area contributed by atoms with Gasteiger partial charge < -0.3 is 5.32 Å². The van der Waals surface area contributed by atoms with Crippen LogP contribution in [0, 0.1) is 5.82 Å². The number of benzene rings is 2. The number of carbonyl (C=O) groups excluding carboxylic acids is 1. The molecule has 0 aromatic heterocycles. The largest absolute Gasteiger partial charge is 0.325 e. The fourth-order valence-corrected chi connectivity index (χ4v) is 3.15. The molecule has 5 nitrogen and oxygen atoms in total. The van der Waals surface area contributed by atoms with Gasteiger partial charge in [-0.25, -0.2) is 12.8 Å². The second kappa shape index (κ2) is 8.42. The Hall–Kier alpha value is -1.96. The van der Waals surface area contributed by atoms with E-state index in [1.165, 1.54) is 12.1 Å². The van der Waals surface area contributed by atoms with E-state index in [1.807, 2.05) is 30.3 Å². The number of halogens is 2. The van der Waals surface area contributed by atoms with Gasteiger partial charge in [-0.2, -0.15) is 4.31 Å². The summed E-state index contributed by atoms with van der Waals surface area (Å²) in [5.41, 5.74) is 1.27. The van der Waals surface area contributed by atoms with Gasteiger partial charge in [-0.15, -0.1) is 0 Å². The third-order valence-electron chi connectivity index (χ3n) is 3.49. The van der Waals surface area contributed by atoms with Crippen molar-refractivity contribution >= 4 is 33.2 Å². The molecule has 0 aliphatic heterocycles. The van der Waals surface area contributed by atoms with Gasteiger partial charge in [0, 0.05) is 12.2 Å². The maximum Gasteiger partial charge on any atom is 0.239 e. The van der Waals surface area contributed by atoms with Crippen molar-refractivity contribution in [3.8, 4) is 0 Å². The van der Waals surface area contributed by atoms with Crippen LogP contribution in [0.4, 0.5) is 10.1 Å². The Morgan fingerprint density at radius 2 is 1.88 bits per heavy atom. The molecule has 1 N–H and O–H groups in total. The lowest BCUT2D eigenvalue weighted by atomic mass is 10.1. The summed E-state index contributed by atoms with van der Waals surface area (Å²) in [5, 5.41) is 2.39.